The normalized spacial score (nSPS) is 14.8. The van der Waals surface area contributed by atoms with E-state index in [0.29, 0.717) is 98.5 Å². The lowest BCUT2D eigenvalue weighted by molar-refractivity contribution is -0.148. The molecular formula is C94H162N16O31. The minimum Gasteiger partial charge on any atom is -0.480 e. The number of hydrogen-bond acceptors (Lipinski definition) is 31. The van der Waals surface area contributed by atoms with Gasteiger partial charge in [-0.2, -0.15) is 0 Å². The summed E-state index contributed by atoms with van der Waals surface area (Å²) < 4.78 is 71.3. The highest BCUT2D eigenvalue weighted by Crippen LogP contribution is 2.30. The van der Waals surface area contributed by atoms with Gasteiger partial charge in [0.1, 0.15) is 36.8 Å². The van der Waals surface area contributed by atoms with E-state index in [1.165, 1.54) is 21.1 Å². The van der Waals surface area contributed by atoms with Crippen LogP contribution < -0.4 is 69.1 Å². The van der Waals surface area contributed by atoms with Crippen LogP contribution in [0.25, 0.3) is 0 Å². The van der Waals surface area contributed by atoms with Crippen molar-refractivity contribution in [1.29, 1.82) is 0 Å². The number of alkyl carbamates (subject to hydrolysis) is 1. The molecule has 14 N–H and O–H groups in total. The second-order valence-electron chi connectivity index (χ2n) is 35.9. The van der Waals surface area contributed by atoms with E-state index in [2.05, 4.69) is 69.1 Å². The van der Waals surface area contributed by atoms with Crippen molar-refractivity contribution < 1.29 is 148 Å². The standard InChI is InChI=1S/C94H162N16O31/c1-18-64(6)84(109(14)90(124)82(62(2)3)107-89(123)83(63(4)5)108(12)13)72(130-16)55-81(119)110-36-22-26-71(110)85(131-17)65(7)86(120)106-69(54-67-24-20-19-21-25-67)87(121)96-32-23-37-140-92(127)66(8)103-75(113)28-27-68(91(125)126)104-76(114)30-34-98-93(128)141-60-70(88(122)97-35-39-132-42-43-134-46-47-136-50-51-138-53-52-137-49-48-135-45-44-133-41-40-129-15)105-80(118)59-102-79(117)58-101-78(116)57-100-77(115)56-99-73(111)29-33-95-74(112)31-38-139-61-94(9,10)11/h19-21,24-25,62-66,68-72,82-85H,18,22-23,26-61H2,1-17H3,(H,95,112)(H,96,121)(H,97,122)(H,98,128)(H,99,111)(H,100,115)(H,101,116)(H,102,117)(H,103,113)(H,104,114)(H,105,118)(H,106,120)(H,107,123)(H,125,126)/t64-,65+,66?,68?,69-,70?,71-,72+,82-,83-,84-,85+/m0/s1. The number of amides is 15. The molecule has 0 aromatic heterocycles. The monoisotopic (exact) mass is 2010 g/mol. The molecule has 47 nitrogen and oxygen atoms in total. The maximum absolute atomic E-state index is 14.6. The quantitative estimate of drug-likeness (QED) is 0.0252. The third-order valence-corrected chi connectivity index (χ3v) is 22.1. The third-order valence-electron chi connectivity index (χ3n) is 22.1. The Balaban J connectivity index is 1.96. The number of carboxylic acids is 1. The summed E-state index contributed by atoms with van der Waals surface area (Å²) in [6.45, 7) is 22.4. The topological polar surface area (TPSA) is 597 Å². The lowest BCUT2D eigenvalue weighted by Gasteiger charge is -2.41. The minimum absolute atomic E-state index is 0.00754. The molecule has 804 valence electrons. The first-order valence-corrected chi connectivity index (χ1v) is 48.2. The maximum Gasteiger partial charge on any atom is 0.407 e. The average Bonchev–Trinajstić information content (AvgIpc) is 1.37. The van der Waals surface area contributed by atoms with Gasteiger partial charge in [-0.3, -0.25) is 72.0 Å². The number of carbonyl (C=O) groups excluding carboxylic acids is 16. The number of ether oxygens (including phenoxy) is 13. The summed E-state index contributed by atoms with van der Waals surface area (Å²) in [7, 11) is 9.86. The van der Waals surface area contributed by atoms with Crippen molar-refractivity contribution >= 4 is 101 Å². The number of likely N-dealkylation sites (N-methyl/N-ethyl adjacent to an activating group) is 2. The van der Waals surface area contributed by atoms with Crippen molar-refractivity contribution in [3.8, 4) is 0 Å². The number of likely N-dealkylation sites (tertiary alicyclic amines) is 1. The van der Waals surface area contributed by atoms with Crippen LogP contribution in [0.4, 0.5) is 4.79 Å². The summed E-state index contributed by atoms with van der Waals surface area (Å²) >= 11 is 0. The molecule has 1 aromatic rings. The van der Waals surface area contributed by atoms with Gasteiger partial charge in [0.25, 0.3) is 0 Å². The molecule has 1 aromatic carbocycles. The summed E-state index contributed by atoms with van der Waals surface area (Å²) in [4.78, 5) is 229. The van der Waals surface area contributed by atoms with Crippen LogP contribution in [-0.4, -0.2) is 408 Å². The van der Waals surface area contributed by atoms with E-state index in [0.717, 1.165) is 5.56 Å². The van der Waals surface area contributed by atoms with Gasteiger partial charge in [-0.15, -0.1) is 0 Å². The number of rotatable bonds is 78. The van der Waals surface area contributed by atoms with Gasteiger partial charge in [-0.1, -0.05) is 106 Å². The minimum atomic E-state index is -1.63. The van der Waals surface area contributed by atoms with E-state index in [1.807, 2.05) is 81.3 Å². The molecule has 2 rings (SSSR count). The highest BCUT2D eigenvalue weighted by molar-refractivity contribution is 5.94. The van der Waals surface area contributed by atoms with Gasteiger partial charge in [-0.25, -0.2) is 14.4 Å². The molecule has 15 amide bonds. The second kappa shape index (κ2) is 73.6. The molecule has 0 spiro atoms. The summed E-state index contributed by atoms with van der Waals surface area (Å²) in [6.07, 6.45) is -2.46. The van der Waals surface area contributed by atoms with Crippen LogP contribution in [0.2, 0.25) is 0 Å². The molecule has 1 fully saturated rings. The van der Waals surface area contributed by atoms with Gasteiger partial charge in [0, 0.05) is 93.2 Å². The fourth-order valence-corrected chi connectivity index (χ4v) is 14.4. The molecule has 1 aliphatic heterocycles. The predicted molar refractivity (Wildman–Crippen MR) is 513 cm³/mol. The number of hydrogen-bond donors (Lipinski definition) is 14. The number of esters is 1. The first-order chi connectivity index (χ1) is 67.1. The predicted octanol–water partition coefficient (Wildman–Crippen LogP) is -1.83. The number of carboxylic acid groups (broad SMARTS) is 1. The molecule has 47 heteroatoms. The van der Waals surface area contributed by atoms with Gasteiger partial charge < -0.3 is 146 Å². The first kappa shape index (κ1) is 127. The fraction of sp³-hybridized carbons (Fsp3) is 0.755. The summed E-state index contributed by atoms with van der Waals surface area (Å²) in [5.41, 5.74) is 0.666. The summed E-state index contributed by atoms with van der Waals surface area (Å²) in [5.74, 6) is -12.5. The molecule has 0 aliphatic carbocycles. The number of nitrogens with zero attached hydrogens (tertiary/aromatic N) is 3. The Morgan fingerprint density at radius 2 is 0.979 bits per heavy atom. The van der Waals surface area contributed by atoms with Gasteiger partial charge in [-0.05, 0) is 75.4 Å². The van der Waals surface area contributed by atoms with Crippen molar-refractivity contribution in [1.82, 2.24) is 83.8 Å². The van der Waals surface area contributed by atoms with Crippen LogP contribution >= 0.6 is 0 Å². The lowest BCUT2D eigenvalue weighted by atomic mass is 9.89. The third kappa shape index (κ3) is 56.2. The summed E-state index contributed by atoms with van der Waals surface area (Å²) in [5, 5.41) is 42.2. The number of nitrogens with one attached hydrogen (secondary N) is 13. The molecule has 3 unspecified atom stereocenters. The Labute approximate surface area is 828 Å². The Morgan fingerprint density at radius 3 is 1.50 bits per heavy atom. The molecule has 1 saturated heterocycles. The maximum atomic E-state index is 14.6. The van der Waals surface area contributed by atoms with Crippen molar-refractivity contribution in [3.05, 3.63) is 35.9 Å². The van der Waals surface area contributed by atoms with E-state index in [-0.39, 0.29) is 145 Å². The van der Waals surface area contributed by atoms with Crippen molar-refractivity contribution in [2.24, 2.45) is 29.1 Å². The van der Waals surface area contributed by atoms with Gasteiger partial charge >= 0.3 is 18.0 Å². The molecule has 0 saturated carbocycles. The van der Waals surface area contributed by atoms with E-state index in [9.17, 15) is 86.6 Å². The van der Waals surface area contributed by atoms with E-state index < -0.39 is 202 Å². The van der Waals surface area contributed by atoms with Crippen LogP contribution in [0.15, 0.2) is 30.3 Å². The zero-order chi connectivity index (χ0) is 105. The molecule has 0 radical (unpaired) electrons. The molecule has 141 heavy (non-hydrogen) atoms. The number of benzene rings is 1. The second-order valence-corrected chi connectivity index (χ2v) is 35.9. The van der Waals surface area contributed by atoms with Gasteiger partial charge in [0.15, 0.2) is 0 Å². The van der Waals surface area contributed by atoms with Crippen LogP contribution in [-0.2, 0) is 145 Å². The highest BCUT2D eigenvalue weighted by atomic mass is 16.6. The zero-order valence-electron chi connectivity index (χ0n) is 85.6. The molecule has 12 atom stereocenters. The van der Waals surface area contributed by atoms with Crippen LogP contribution in [0.1, 0.15) is 146 Å². The Morgan fingerprint density at radius 1 is 0.475 bits per heavy atom. The lowest BCUT2D eigenvalue weighted by Crippen LogP contribution is -2.59. The molecule has 1 heterocycles. The van der Waals surface area contributed by atoms with Crippen LogP contribution in [0.5, 0.6) is 0 Å². The molecule has 0 bridgehead atoms. The number of methoxy groups -OCH3 is 3. The Kier molecular flexibility index (Phi) is 66.1. The zero-order valence-corrected chi connectivity index (χ0v) is 85.6. The average molecular weight is 2010 g/mol. The highest BCUT2D eigenvalue weighted by Gasteiger charge is 2.44. The first-order valence-electron chi connectivity index (χ1n) is 48.2. The Hall–Kier alpha value is -10.5. The largest absolute Gasteiger partial charge is 0.480 e. The molecular weight excluding hydrogens is 1850 g/mol. The molecule has 1 aliphatic rings. The smallest absolute Gasteiger partial charge is 0.407 e. The van der Waals surface area contributed by atoms with Crippen molar-refractivity contribution in [3.63, 3.8) is 0 Å². The van der Waals surface area contributed by atoms with E-state index >= 15 is 0 Å². The Bertz CT molecular complexity index is 3900. The summed E-state index contributed by atoms with van der Waals surface area (Å²) in [6, 6.07) is 0.926. The van der Waals surface area contributed by atoms with Crippen LogP contribution in [0, 0.1) is 29.1 Å². The van der Waals surface area contributed by atoms with Crippen LogP contribution in [0.3, 0.4) is 0 Å². The van der Waals surface area contributed by atoms with E-state index in [4.69, 9.17) is 61.6 Å². The van der Waals surface area contributed by atoms with Gasteiger partial charge in [0.05, 0.1) is 188 Å². The van der Waals surface area contributed by atoms with E-state index in [1.54, 1.807) is 61.2 Å². The SMILES string of the molecule is CC[C@H](C)[C@@H]([C@@H](CC(=O)N1CCC[C@H]1[C@H](OC)[C@@H](C)C(=O)N[C@@H](Cc1ccccc1)C(=O)NCCCOC(=O)C(C)NC(=O)CCC(NC(=O)CCNC(=O)OCC(NC(=O)CNC(=O)CNC(=O)CNC(=O)CNC(=O)CCNC(=O)CCOCC(C)(C)C)C(=O)NCCOCCOCCOCCOCCOCCOCCOCCOC)C(=O)O)OC)N(C)C(=O)[C@@H](NC(=O)[C@H](C(C)C)N(C)C)C(C)C. The fourth-order valence-electron chi connectivity index (χ4n) is 14.4. The van der Waals surface area contributed by atoms with Gasteiger partial charge in [0.2, 0.25) is 82.7 Å². The number of aliphatic carboxylic acids is 1. The van der Waals surface area contributed by atoms with Crippen molar-refractivity contribution in [2.75, 3.05) is 227 Å². The number of carbonyl (C=O) groups is 17. The van der Waals surface area contributed by atoms with Crippen molar-refractivity contribution in [2.45, 2.75) is 207 Å².